The highest BCUT2D eigenvalue weighted by Gasteiger charge is 2.14. The Labute approximate surface area is 123 Å². The molecule has 1 aromatic carbocycles. The molecule has 0 bridgehead atoms. The molecular formula is C15H22BrNO2. The van der Waals surface area contributed by atoms with Crippen molar-refractivity contribution in [3.8, 4) is 0 Å². The highest BCUT2D eigenvalue weighted by Crippen LogP contribution is 2.21. The fraction of sp³-hybridized carbons (Fsp3) is 0.533. The lowest BCUT2D eigenvalue weighted by molar-refractivity contribution is -0.122. The van der Waals surface area contributed by atoms with Crippen molar-refractivity contribution in [1.82, 2.24) is 5.32 Å². The Morgan fingerprint density at radius 1 is 1.26 bits per heavy atom. The number of carbonyl (C=O) groups is 1. The summed E-state index contributed by atoms with van der Waals surface area (Å²) >= 11 is 3.40. The molecule has 0 fully saturated rings. The summed E-state index contributed by atoms with van der Waals surface area (Å²) in [4.78, 5) is 11.9. The number of amides is 1. The molecule has 2 N–H and O–H groups in total. The lowest BCUT2D eigenvalue weighted by atomic mass is 9.97. The Bertz CT molecular complexity index is 403. The number of nitrogens with one attached hydrogen (secondary N) is 1. The maximum Gasteiger partial charge on any atom is 0.220 e. The molecular weight excluding hydrogens is 306 g/mol. The fourth-order valence-corrected chi connectivity index (χ4v) is 2.36. The van der Waals surface area contributed by atoms with Crippen molar-refractivity contribution in [2.45, 2.75) is 51.7 Å². The third-order valence-corrected chi connectivity index (χ3v) is 3.56. The van der Waals surface area contributed by atoms with Crippen LogP contribution in [0.3, 0.4) is 0 Å². The standard InChI is InChI=1S/C15H22BrNO2/c1-10(13-4-6-14(16)7-5-13)8-15(19)17-11(2)9-12(3)18/h4-7,10-12,18H,8-9H2,1-3H3,(H,17,19). The monoisotopic (exact) mass is 327 g/mol. The van der Waals surface area contributed by atoms with Crippen LogP contribution in [0.5, 0.6) is 0 Å². The van der Waals surface area contributed by atoms with Crippen LogP contribution in [0.25, 0.3) is 0 Å². The van der Waals surface area contributed by atoms with Gasteiger partial charge in [0.1, 0.15) is 0 Å². The van der Waals surface area contributed by atoms with E-state index in [-0.39, 0.29) is 24.0 Å². The molecule has 0 aliphatic carbocycles. The maximum atomic E-state index is 11.9. The van der Waals surface area contributed by atoms with E-state index in [1.807, 2.05) is 38.1 Å². The van der Waals surface area contributed by atoms with Crippen molar-refractivity contribution in [3.63, 3.8) is 0 Å². The fourth-order valence-electron chi connectivity index (χ4n) is 2.09. The SMILES string of the molecule is CC(O)CC(C)NC(=O)CC(C)c1ccc(Br)cc1. The number of hydrogen-bond acceptors (Lipinski definition) is 2. The van der Waals surface area contributed by atoms with Crippen molar-refractivity contribution >= 4 is 21.8 Å². The number of aliphatic hydroxyl groups is 1. The molecule has 1 aromatic rings. The third-order valence-electron chi connectivity index (χ3n) is 3.03. The van der Waals surface area contributed by atoms with Gasteiger partial charge < -0.3 is 10.4 Å². The van der Waals surface area contributed by atoms with E-state index in [0.29, 0.717) is 12.8 Å². The Kier molecular flexibility index (Phi) is 6.52. The van der Waals surface area contributed by atoms with E-state index in [1.54, 1.807) is 6.92 Å². The summed E-state index contributed by atoms with van der Waals surface area (Å²) in [5, 5.41) is 12.2. The normalized spacial score (nSPS) is 15.6. The number of rotatable bonds is 6. The van der Waals surface area contributed by atoms with Gasteiger partial charge in [-0.2, -0.15) is 0 Å². The first kappa shape index (κ1) is 16.2. The molecule has 1 rings (SSSR count). The summed E-state index contributed by atoms with van der Waals surface area (Å²) in [5.74, 6) is 0.218. The van der Waals surface area contributed by atoms with Gasteiger partial charge in [0.2, 0.25) is 5.91 Å². The number of carbonyl (C=O) groups excluding carboxylic acids is 1. The van der Waals surface area contributed by atoms with Gasteiger partial charge in [-0.05, 0) is 43.9 Å². The molecule has 0 aromatic heterocycles. The van der Waals surface area contributed by atoms with Crippen molar-refractivity contribution in [2.24, 2.45) is 0 Å². The van der Waals surface area contributed by atoms with E-state index in [1.165, 1.54) is 0 Å². The van der Waals surface area contributed by atoms with Crippen LogP contribution in [0, 0.1) is 0 Å². The molecule has 0 saturated heterocycles. The van der Waals surface area contributed by atoms with E-state index >= 15 is 0 Å². The molecule has 3 nitrogen and oxygen atoms in total. The first-order valence-electron chi connectivity index (χ1n) is 6.61. The number of aliphatic hydroxyl groups excluding tert-OH is 1. The summed E-state index contributed by atoms with van der Waals surface area (Å²) in [6, 6.07) is 8.03. The zero-order valence-electron chi connectivity index (χ0n) is 11.7. The number of hydrogen-bond donors (Lipinski definition) is 2. The van der Waals surface area contributed by atoms with E-state index in [0.717, 1.165) is 10.0 Å². The average molecular weight is 328 g/mol. The number of halogens is 1. The van der Waals surface area contributed by atoms with Crippen LogP contribution in [-0.4, -0.2) is 23.2 Å². The summed E-state index contributed by atoms with van der Waals surface area (Å²) in [6.07, 6.45) is 0.656. The largest absolute Gasteiger partial charge is 0.393 e. The first-order valence-corrected chi connectivity index (χ1v) is 7.40. The molecule has 1 amide bonds. The minimum absolute atomic E-state index is 0.00428. The average Bonchev–Trinajstić information content (AvgIpc) is 2.27. The zero-order chi connectivity index (χ0) is 14.4. The molecule has 0 saturated carbocycles. The lowest BCUT2D eigenvalue weighted by Gasteiger charge is -2.17. The van der Waals surface area contributed by atoms with E-state index in [9.17, 15) is 9.90 Å². The molecule has 4 heteroatoms. The van der Waals surface area contributed by atoms with Gasteiger partial charge in [-0.1, -0.05) is 35.0 Å². The van der Waals surface area contributed by atoms with Crippen molar-refractivity contribution in [1.29, 1.82) is 0 Å². The van der Waals surface area contributed by atoms with E-state index in [4.69, 9.17) is 0 Å². The van der Waals surface area contributed by atoms with Crippen LogP contribution < -0.4 is 5.32 Å². The topological polar surface area (TPSA) is 49.3 Å². The van der Waals surface area contributed by atoms with E-state index < -0.39 is 0 Å². The molecule has 106 valence electrons. The first-order chi connectivity index (χ1) is 8.88. The predicted molar refractivity (Wildman–Crippen MR) is 81.1 cm³/mol. The highest BCUT2D eigenvalue weighted by molar-refractivity contribution is 9.10. The van der Waals surface area contributed by atoms with Gasteiger partial charge in [-0.15, -0.1) is 0 Å². The molecule has 0 spiro atoms. The molecule has 3 atom stereocenters. The van der Waals surface area contributed by atoms with E-state index in [2.05, 4.69) is 21.2 Å². The summed E-state index contributed by atoms with van der Waals surface area (Å²) in [5.41, 5.74) is 1.15. The van der Waals surface area contributed by atoms with Crippen LogP contribution in [0.1, 0.15) is 45.1 Å². The van der Waals surface area contributed by atoms with Gasteiger partial charge in [-0.3, -0.25) is 4.79 Å². The molecule has 0 heterocycles. The smallest absolute Gasteiger partial charge is 0.220 e. The van der Waals surface area contributed by atoms with Crippen molar-refractivity contribution in [3.05, 3.63) is 34.3 Å². The molecule has 0 aliphatic rings. The second kappa shape index (κ2) is 7.65. The van der Waals surface area contributed by atoms with Crippen molar-refractivity contribution in [2.75, 3.05) is 0 Å². The van der Waals surface area contributed by atoms with Gasteiger partial charge >= 0.3 is 0 Å². The van der Waals surface area contributed by atoms with Gasteiger partial charge in [0.25, 0.3) is 0 Å². The van der Waals surface area contributed by atoms with Crippen LogP contribution in [0.15, 0.2) is 28.7 Å². The molecule has 3 unspecified atom stereocenters. The maximum absolute atomic E-state index is 11.9. The molecule has 0 aliphatic heterocycles. The predicted octanol–water partition coefficient (Wildman–Crippen LogP) is 3.22. The molecule has 19 heavy (non-hydrogen) atoms. The van der Waals surface area contributed by atoms with Gasteiger partial charge in [0.05, 0.1) is 6.10 Å². The van der Waals surface area contributed by atoms with Crippen LogP contribution in [0.2, 0.25) is 0 Å². The van der Waals surface area contributed by atoms with Crippen LogP contribution >= 0.6 is 15.9 Å². The van der Waals surface area contributed by atoms with Crippen LogP contribution in [-0.2, 0) is 4.79 Å². The van der Waals surface area contributed by atoms with Gasteiger partial charge in [0.15, 0.2) is 0 Å². The minimum Gasteiger partial charge on any atom is -0.393 e. The Morgan fingerprint density at radius 3 is 2.37 bits per heavy atom. The van der Waals surface area contributed by atoms with Gasteiger partial charge in [-0.25, -0.2) is 0 Å². The summed E-state index contributed by atoms with van der Waals surface area (Å²) in [6.45, 7) is 5.68. The molecule has 0 radical (unpaired) electrons. The lowest BCUT2D eigenvalue weighted by Crippen LogP contribution is -2.35. The minimum atomic E-state index is -0.390. The summed E-state index contributed by atoms with van der Waals surface area (Å²) in [7, 11) is 0. The highest BCUT2D eigenvalue weighted by atomic mass is 79.9. The Balaban J connectivity index is 2.45. The van der Waals surface area contributed by atoms with Crippen LogP contribution in [0.4, 0.5) is 0 Å². The second-order valence-electron chi connectivity index (χ2n) is 5.21. The summed E-state index contributed by atoms with van der Waals surface area (Å²) < 4.78 is 1.04. The second-order valence-corrected chi connectivity index (χ2v) is 6.13. The third kappa shape index (κ3) is 6.21. The Hall–Kier alpha value is -0.870. The van der Waals surface area contributed by atoms with Gasteiger partial charge in [0, 0.05) is 16.9 Å². The zero-order valence-corrected chi connectivity index (χ0v) is 13.3. The quantitative estimate of drug-likeness (QED) is 0.842. The Morgan fingerprint density at radius 2 is 1.84 bits per heavy atom. The van der Waals surface area contributed by atoms with Crippen molar-refractivity contribution < 1.29 is 9.90 Å². The number of benzene rings is 1.